The van der Waals surface area contributed by atoms with Gasteiger partial charge in [0.25, 0.3) is 0 Å². The van der Waals surface area contributed by atoms with Crippen molar-refractivity contribution in [3.63, 3.8) is 0 Å². The molecule has 3 heterocycles. The molecule has 1 aliphatic rings. The van der Waals surface area contributed by atoms with Crippen LogP contribution in [0.1, 0.15) is 12.0 Å². The standard InChI is InChI=1S/C14H17N5O/c20-12-4-8-19(10-12)13-3-7-16-14(18-13)17-9-11-1-5-15-6-2-11/h1-3,5-7,12,20H,4,8-10H2,(H,16,17,18)/t12-/m0/s1. The van der Waals surface area contributed by atoms with Gasteiger partial charge in [0.1, 0.15) is 5.82 Å². The van der Waals surface area contributed by atoms with Crippen LogP contribution in [0.15, 0.2) is 36.8 Å². The summed E-state index contributed by atoms with van der Waals surface area (Å²) in [5.74, 6) is 1.45. The summed E-state index contributed by atoms with van der Waals surface area (Å²) in [7, 11) is 0. The van der Waals surface area contributed by atoms with Gasteiger partial charge in [0.05, 0.1) is 6.10 Å². The molecule has 1 aliphatic heterocycles. The molecule has 1 atom stereocenters. The quantitative estimate of drug-likeness (QED) is 0.866. The lowest BCUT2D eigenvalue weighted by molar-refractivity contribution is 0.198. The number of anilines is 2. The number of nitrogens with zero attached hydrogens (tertiary/aromatic N) is 4. The maximum absolute atomic E-state index is 9.58. The van der Waals surface area contributed by atoms with Crippen LogP contribution in [0.5, 0.6) is 0 Å². The van der Waals surface area contributed by atoms with E-state index in [9.17, 15) is 5.11 Å². The second-order valence-electron chi connectivity index (χ2n) is 4.84. The minimum absolute atomic E-state index is 0.252. The molecule has 6 heteroatoms. The number of β-amino-alcohol motifs (C(OH)–C–C–N with tert-alkyl or cyclic N) is 1. The minimum atomic E-state index is -0.252. The molecule has 0 unspecified atom stereocenters. The zero-order valence-corrected chi connectivity index (χ0v) is 11.1. The fourth-order valence-corrected chi connectivity index (χ4v) is 2.24. The molecule has 0 amide bonds. The first kappa shape index (κ1) is 12.8. The van der Waals surface area contributed by atoms with Crippen molar-refractivity contribution in [1.82, 2.24) is 15.0 Å². The van der Waals surface area contributed by atoms with Crippen LogP contribution in [0, 0.1) is 0 Å². The minimum Gasteiger partial charge on any atom is -0.391 e. The number of nitrogens with one attached hydrogen (secondary N) is 1. The van der Waals surface area contributed by atoms with Crippen molar-refractivity contribution in [3.8, 4) is 0 Å². The number of hydrogen-bond donors (Lipinski definition) is 2. The molecule has 2 aromatic rings. The van der Waals surface area contributed by atoms with Crippen LogP contribution < -0.4 is 10.2 Å². The molecule has 1 saturated heterocycles. The highest BCUT2D eigenvalue weighted by molar-refractivity contribution is 5.43. The van der Waals surface area contributed by atoms with Gasteiger partial charge in [0.2, 0.25) is 5.95 Å². The van der Waals surface area contributed by atoms with Gasteiger partial charge < -0.3 is 15.3 Å². The van der Waals surface area contributed by atoms with Gasteiger partial charge in [-0.15, -0.1) is 0 Å². The molecule has 0 spiro atoms. The lowest BCUT2D eigenvalue weighted by Gasteiger charge is -2.17. The van der Waals surface area contributed by atoms with Crippen LogP contribution in [0.3, 0.4) is 0 Å². The molecule has 2 aromatic heterocycles. The Bertz CT molecular complexity index is 563. The van der Waals surface area contributed by atoms with Crippen LogP contribution in [-0.4, -0.2) is 39.3 Å². The van der Waals surface area contributed by atoms with E-state index in [-0.39, 0.29) is 6.10 Å². The lowest BCUT2D eigenvalue weighted by atomic mass is 10.3. The molecule has 0 saturated carbocycles. The van der Waals surface area contributed by atoms with Gasteiger partial charge in [-0.25, -0.2) is 4.98 Å². The van der Waals surface area contributed by atoms with Gasteiger partial charge in [-0.3, -0.25) is 4.98 Å². The summed E-state index contributed by atoms with van der Waals surface area (Å²) in [6.45, 7) is 2.14. The number of rotatable bonds is 4. The van der Waals surface area contributed by atoms with Crippen LogP contribution in [0.2, 0.25) is 0 Å². The number of aliphatic hydroxyl groups excluding tert-OH is 1. The Morgan fingerprint density at radius 1 is 1.25 bits per heavy atom. The molecule has 0 aromatic carbocycles. The number of hydrogen-bond acceptors (Lipinski definition) is 6. The summed E-state index contributed by atoms with van der Waals surface area (Å²) >= 11 is 0. The van der Waals surface area contributed by atoms with Crippen LogP contribution in [0.4, 0.5) is 11.8 Å². The average molecular weight is 271 g/mol. The normalized spacial score (nSPS) is 18.2. The zero-order chi connectivity index (χ0) is 13.8. The van der Waals surface area contributed by atoms with E-state index in [4.69, 9.17) is 0 Å². The van der Waals surface area contributed by atoms with Gasteiger partial charge in [-0.05, 0) is 30.2 Å². The smallest absolute Gasteiger partial charge is 0.224 e. The predicted molar refractivity (Wildman–Crippen MR) is 76.4 cm³/mol. The van der Waals surface area contributed by atoms with E-state index in [1.54, 1.807) is 18.6 Å². The Morgan fingerprint density at radius 2 is 2.10 bits per heavy atom. The van der Waals surface area contributed by atoms with Crippen molar-refractivity contribution in [1.29, 1.82) is 0 Å². The molecule has 104 valence electrons. The summed E-state index contributed by atoms with van der Waals surface area (Å²) in [5.41, 5.74) is 1.13. The highest BCUT2D eigenvalue weighted by Crippen LogP contribution is 2.18. The molecule has 2 N–H and O–H groups in total. The van der Waals surface area contributed by atoms with Crippen molar-refractivity contribution in [3.05, 3.63) is 42.4 Å². The van der Waals surface area contributed by atoms with E-state index < -0.39 is 0 Å². The van der Waals surface area contributed by atoms with Crippen LogP contribution in [-0.2, 0) is 6.54 Å². The van der Waals surface area contributed by atoms with Gasteiger partial charge in [0.15, 0.2) is 0 Å². The van der Waals surface area contributed by atoms with E-state index in [1.807, 2.05) is 18.2 Å². The third-order valence-corrected chi connectivity index (χ3v) is 3.33. The van der Waals surface area contributed by atoms with Crippen molar-refractivity contribution in [2.24, 2.45) is 0 Å². The summed E-state index contributed by atoms with van der Waals surface area (Å²) in [4.78, 5) is 14.8. The van der Waals surface area contributed by atoms with Crippen LogP contribution >= 0.6 is 0 Å². The maximum atomic E-state index is 9.58. The first-order valence-electron chi connectivity index (χ1n) is 6.70. The van der Waals surface area contributed by atoms with Crippen molar-refractivity contribution in [2.45, 2.75) is 19.1 Å². The highest BCUT2D eigenvalue weighted by atomic mass is 16.3. The summed E-state index contributed by atoms with van der Waals surface area (Å²) < 4.78 is 0. The van der Waals surface area contributed by atoms with Crippen LogP contribution in [0.25, 0.3) is 0 Å². The van der Waals surface area contributed by atoms with Gasteiger partial charge in [-0.2, -0.15) is 4.98 Å². The predicted octanol–water partition coefficient (Wildman–Crippen LogP) is 1.05. The molecular formula is C14H17N5O. The van der Waals surface area contributed by atoms with E-state index in [0.717, 1.165) is 24.3 Å². The van der Waals surface area contributed by atoms with Crippen molar-refractivity contribution in [2.75, 3.05) is 23.3 Å². The Balaban J connectivity index is 1.65. The SMILES string of the molecule is O[C@H]1CCN(c2ccnc(NCc3ccncc3)n2)C1. The largest absolute Gasteiger partial charge is 0.391 e. The fraction of sp³-hybridized carbons (Fsp3) is 0.357. The first-order chi connectivity index (χ1) is 9.81. The molecule has 20 heavy (non-hydrogen) atoms. The monoisotopic (exact) mass is 271 g/mol. The van der Waals surface area contributed by atoms with E-state index in [1.165, 1.54) is 0 Å². The van der Waals surface area contributed by atoms with E-state index in [0.29, 0.717) is 19.0 Å². The van der Waals surface area contributed by atoms with Gasteiger partial charge in [-0.1, -0.05) is 0 Å². The first-order valence-corrected chi connectivity index (χ1v) is 6.70. The number of pyridine rings is 1. The Hall–Kier alpha value is -2.21. The summed E-state index contributed by atoms with van der Waals surface area (Å²) in [6, 6.07) is 5.77. The Kier molecular flexibility index (Phi) is 3.73. The number of aliphatic hydroxyl groups is 1. The Labute approximate surface area is 117 Å². The van der Waals surface area contributed by atoms with Crippen molar-refractivity contribution < 1.29 is 5.11 Å². The lowest BCUT2D eigenvalue weighted by Crippen LogP contribution is -2.22. The maximum Gasteiger partial charge on any atom is 0.224 e. The molecule has 1 fully saturated rings. The van der Waals surface area contributed by atoms with Gasteiger partial charge >= 0.3 is 0 Å². The van der Waals surface area contributed by atoms with Crippen molar-refractivity contribution >= 4 is 11.8 Å². The molecular weight excluding hydrogens is 254 g/mol. The molecule has 0 aliphatic carbocycles. The zero-order valence-electron chi connectivity index (χ0n) is 11.1. The second-order valence-corrected chi connectivity index (χ2v) is 4.84. The fourth-order valence-electron chi connectivity index (χ4n) is 2.24. The highest BCUT2D eigenvalue weighted by Gasteiger charge is 2.21. The third-order valence-electron chi connectivity index (χ3n) is 3.33. The van der Waals surface area contributed by atoms with Gasteiger partial charge in [0, 0.05) is 38.2 Å². The van der Waals surface area contributed by atoms with E-state index >= 15 is 0 Å². The topological polar surface area (TPSA) is 74.2 Å². The second kappa shape index (κ2) is 5.83. The molecule has 3 rings (SSSR count). The summed E-state index contributed by atoms with van der Waals surface area (Å²) in [5, 5.41) is 12.8. The molecule has 0 radical (unpaired) electrons. The Morgan fingerprint density at radius 3 is 2.85 bits per heavy atom. The summed E-state index contributed by atoms with van der Waals surface area (Å²) in [6.07, 6.45) is 5.81. The molecule has 6 nitrogen and oxygen atoms in total. The average Bonchev–Trinajstić information content (AvgIpc) is 2.93. The molecule has 0 bridgehead atoms. The third kappa shape index (κ3) is 3.03. The number of aromatic nitrogens is 3. The van der Waals surface area contributed by atoms with E-state index in [2.05, 4.69) is 25.2 Å².